The summed E-state index contributed by atoms with van der Waals surface area (Å²) in [7, 11) is 2.15. The van der Waals surface area contributed by atoms with Gasteiger partial charge in [0.1, 0.15) is 0 Å². The Hall–Kier alpha value is -0.0800. The fourth-order valence-corrected chi connectivity index (χ4v) is 3.99. The maximum absolute atomic E-state index is 3.58. The number of likely N-dealkylation sites (tertiary alicyclic amines) is 1. The maximum atomic E-state index is 3.58. The fourth-order valence-electron chi connectivity index (χ4n) is 3.99. The highest BCUT2D eigenvalue weighted by Gasteiger charge is 2.34. The molecule has 0 amide bonds. The van der Waals surface area contributed by atoms with E-state index in [1.807, 2.05) is 0 Å². The molecule has 0 aromatic heterocycles. The molecule has 0 aromatic carbocycles. The number of piperidine rings is 1. The Balaban J connectivity index is 1.91. The van der Waals surface area contributed by atoms with Crippen LogP contribution in [0, 0.1) is 17.8 Å². The first kappa shape index (κ1) is 13.4. The minimum Gasteiger partial charge on any atom is -0.317 e. The molecule has 1 aliphatic carbocycles. The van der Waals surface area contributed by atoms with Crippen molar-refractivity contribution < 1.29 is 0 Å². The van der Waals surface area contributed by atoms with E-state index >= 15 is 0 Å². The summed E-state index contributed by atoms with van der Waals surface area (Å²) in [5.41, 5.74) is 0. The van der Waals surface area contributed by atoms with Gasteiger partial charge in [-0.05, 0) is 63.6 Å². The van der Waals surface area contributed by atoms with Gasteiger partial charge in [-0.1, -0.05) is 20.3 Å². The van der Waals surface area contributed by atoms with Crippen LogP contribution >= 0.6 is 0 Å². The molecule has 100 valence electrons. The quantitative estimate of drug-likeness (QED) is 0.813. The predicted octanol–water partition coefficient (Wildman–Crippen LogP) is 2.74. The molecule has 0 radical (unpaired) electrons. The standard InChI is InChI=1S/C15H30N2/c1-12-9-13(2)14(15(10-12)16-3)11-17-7-5-4-6-8-17/h12-16H,4-11H2,1-3H3. The molecule has 1 N–H and O–H groups in total. The summed E-state index contributed by atoms with van der Waals surface area (Å²) < 4.78 is 0. The van der Waals surface area contributed by atoms with Gasteiger partial charge in [0.15, 0.2) is 0 Å². The van der Waals surface area contributed by atoms with Crippen LogP contribution in [0.3, 0.4) is 0 Å². The fraction of sp³-hybridized carbons (Fsp3) is 1.00. The number of nitrogens with one attached hydrogen (secondary N) is 1. The van der Waals surface area contributed by atoms with Crippen LogP contribution in [0.1, 0.15) is 46.0 Å². The smallest absolute Gasteiger partial charge is 0.0110 e. The van der Waals surface area contributed by atoms with Gasteiger partial charge in [0.25, 0.3) is 0 Å². The molecule has 2 rings (SSSR count). The Bertz CT molecular complexity index is 223. The SMILES string of the molecule is CNC1CC(C)CC(C)C1CN1CCCCC1. The Morgan fingerprint density at radius 1 is 1.06 bits per heavy atom. The average Bonchev–Trinajstić information content (AvgIpc) is 2.33. The van der Waals surface area contributed by atoms with Crippen LogP contribution in [0.4, 0.5) is 0 Å². The lowest BCUT2D eigenvalue weighted by Gasteiger charge is -2.42. The second kappa shape index (κ2) is 6.19. The number of hydrogen-bond acceptors (Lipinski definition) is 2. The summed E-state index contributed by atoms with van der Waals surface area (Å²) in [5.74, 6) is 2.66. The second-order valence-electron chi connectivity index (χ2n) is 6.47. The van der Waals surface area contributed by atoms with Gasteiger partial charge in [0, 0.05) is 12.6 Å². The Kier molecular flexibility index (Phi) is 4.87. The van der Waals surface area contributed by atoms with E-state index in [2.05, 4.69) is 31.1 Å². The number of hydrogen-bond donors (Lipinski definition) is 1. The van der Waals surface area contributed by atoms with E-state index in [1.54, 1.807) is 0 Å². The van der Waals surface area contributed by atoms with Gasteiger partial charge in [0.2, 0.25) is 0 Å². The van der Waals surface area contributed by atoms with Crippen LogP contribution in [-0.4, -0.2) is 37.6 Å². The van der Waals surface area contributed by atoms with E-state index in [-0.39, 0.29) is 0 Å². The third-order valence-corrected chi connectivity index (χ3v) is 4.97. The monoisotopic (exact) mass is 238 g/mol. The molecular formula is C15H30N2. The molecule has 0 aromatic rings. The van der Waals surface area contributed by atoms with Crippen LogP contribution in [-0.2, 0) is 0 Å². The molecule has 0 bridgehead atoms. The Labute approximate surface area is 107 Å². The van der Waals surface area contributed by atoms with E-state index in [9.17, 15) is 0 Å². The highest BCUT2D eigenvalue weighted by molar-refractivity contribution is 4.89. The molecule has 1 saturated heterocycles. The molecule has 4 unspecified atom stereocenters. The molecule has 2 aliphatic rings. The van der Waals surface area contributed by atoms with E-state index in [0.29, 0.717) is 0 Å². The van der Waals surface area contributed by atoms with Crippen molar-refractivity contribution in [3.63, 3.8) is 0 Å². The summed E-state index contributed by atoms with van der Waals surface area (Å²) in [5, 5.41) is 3.58. The molecule has 0 spiro atoms. The third kappa shape index (κ3) is 3.45. The van der Waals surface area contributed by atoms with Gasteiger partial charge >= 0.3 is 0 Å². The predicted molar refractivity (Wildman–Crippen MR) is 74.2 cm³/mol. The lowest BCUT2D eigenvalue weighted by atomic mass is 9.72. The Morgan fingerprint density at radius 2 is 1.76 bits per heavy atom. The van der Waals surface area contributed by atoms with Gasteiger partial charge in [0.05, 0.1) is 0 Å². The molecule has 1 saturated carbocycles. The topological polar surface area (TPSA) is 15.3 Å². The van der Waals surface area contributed by atoms with E-state index in [4.69, 9.17) is 0 Å². The van der Waals surface area contributed by atoms with Gasteiger partial charge in [-0.2, -0.15) is 0 Å². The second-order valence-corrected chi connectivity index (χ2v) is 6.47. The molecule has 2 nitrogen and oxygen atoms in total. The summed E-state index contributed by atoms with van der Waals surface area (Å²) in [6, 6.07) is 0.746. The Morgan fingerprint density at radius 3 is 2.41 bits per heavy atom. The summed E-state index contributed by atoms with van der Waals surface area (Å²) in [4.78, 5) is 2.71. The maximum Gasteiger partial charge on any atom is 0.0110 e. The minimum absolute atomic E-state index is 0.746. The van der Waals surface area contributed by atoms with Crippen molar-refractivity contribution in [3.8, 4) is 0 Å². The van der Waals surface area contributed by atoms with Crippen molar-refractivity contribution in [1.29, 1.82) is 0 Å². The van der Waals surface area contributed by atoms with Gasteiger partial charge in [-0.3, -0.25) is 0 Å². The lowest BCUT2D eigenvalue weighted by molar-refractivity contribution is 0.0949. The first-order chi connectivity index (χ1) is 8.20. The van der Waals surface area contributed by atoms with E-state index in [1.165, 1.54) is 51.7 Å². The van der Waals surface area contributed by atoms with Crippen LogP contribution in [0.2, 0.25) is 0 Å². The zero-order valence-corrected chi connectivity index (χ0v) is 11.9. The largest absolute Gasteiger partial charge is 0.317 e. The van der Waals surface area contributed by atoms with Gasteiger partial charge < -0.3 is 10.2 Å². The molecule has 2 heteroatoms. The van der Waals surface area contributed by atoms with Gasteiger partial charge in [-0.25, -0.2) is 0 Å². The van der Waals surface area contributed by atoms with Crippen molar-refractivity contribution in [1.82, 2.24) is 10.2 Å². The highest BCUT2D eigenvalue weighted by Crippen LogP contribution is 2.34. The number of nitrogens with zero attached hydrogens (tertiary/aromatic N) is 1. The first-order valence-corrected chi connectivity index (χ1v) is 7.60. The normalized spacial score (nSPS) is 40.4. The van der Waals surface area contributed by atoms with Gasteiger partial charge in [-0.15, -0.1) is 0 Å². The molecule has 2 fully saturated rings. The van der Waals surface area contributed by atoms with Crippen molar-refractivity contribution in [2.24, 2.45) is 17.8 Å². The van der Waals surface area contributed by atoms with Crippen LogP contribution < -0.4 is 5.32 Å². The average molecular weight is 238 g/mol. The summed E-state index contributed by atoms with van der Waals surface area (Å²) in [6.45, 7) is 8.90. The highest BCUT2D eigenvalue weighted by atomic mass is 15.1. The van der Waals surface area contributed by atoms with Crippen LogP contribution in [0.15, 0.2) is 0 Å². The first-order valence-electron chi connectivity index (χ1n) is 7.60. The molecule has 1 heterocycles. The molecule has 1 aliphatic heterocycles. The zero-order valence-electron chi connectivity index (χ0n) is 11.9. The molecule has 4 atom stereocenters. The summed E-state index contributed by atoms with van der Waals surface area (Å²) >= 11 is 0. The van der Waals surface area contributed by atoms with E-state index in [0.717, 1.165) is 23.8 Å². The third-order valence-electron chi connectivity index (χ3n) is 4.97. The van der Waals surface area contributed by atoms with Crippen molar-refractivity contribution in [2.75, 3.05) is 26.7 Å². The van der Waals surface area contributed by atoms with Crippen LogP contribution in [0.5, 0.6) is 0 Å². The number of rotatable bonds is 3. The lowest BCUT2D eigenvalue weighted by Crippen LogP contribution is -2.48. The zero-order chi connectivity index (χ0) is 12.3. The van der Waals surface area contributed by atoms with Crippen LogP contribution in [0.25, 0.3) is 0 Å². The van der Waals surface area contributed by atoms with Crippen molar-refractivity contribution in [3.05, 3.63) is 0 Å². The van der Waals surface area contributed by atoms with Crippen molar-refractivity contribution >= 4 is 0 Å². The summed E-state index contributed by atoms with van der Waals surface area (Å²) in [6.07, 6.45) is 7.09. The van der Waals surface area contributed by atoms with Crippen molar-refractivity contribution in [2.45, 2.75) is 52.0 Å². The molecular weight excluding hydrogens is 208 g/mol. The molecule has 17 heavy (non-hydrogen) atoms. The van der Waals surface area contributed by atoms with E-state index < -0.39 is 0 Å². The minimum atomic E-state index is 0.746.